The van der Waals surface area contributed by atoms with Gasteiger partial charge in [-0.1, -0.05) is 43.3 Å². The van der Waals surface area contributed by atoms with E-state index in [2.05, 4.69) is 25.1 Å². The number of carbonyl (C=O) groups excluding carboxylic acids is 1. The molecule has 0 saturated carbocycles. The number of rotatable bonds is 6. The highest BCUT2D eigenvalue weighted by molar-refractivity contribution is 6.07. The molecule has 0 aliphatic carbocycles. The third kappa shape index (κ3) is 3.42. The molecule has 100 valence electrons. The number of ketones is 1. The molecule has 0 aromatic heterocycles. The van der Waals surface area contributed by atoms with Crippen molar-refractivity contribution in [2.24, 2.45) is 0 Å². The molecule has 19 heavy (non-hydrogen) atoms. The van der Waals surface area contributed by atoms with Gasteiger partial charge in [0, 0.05) is 12.2 Å². The number of hydrogen-bond acceptors (Lipinski definition) is 2. The van der Waals surface area contributed by atoms with Gasteiger partial charge in [0.25, 0.3) is 0 Å². The number of benzene rings is 2. The molecule has 0 saturated heterocycles. The predicted molar refractivity (Wildman–Crippen MR) is 78.8 cm³/mol. The van der Waals surface area contributed by atoms with E-state index < -0.39 is 0 Å². The zero-order valence-electron chi connectivity index (χ0n) is 11.6. The monoisotopic (exact) mass is 256 g/mol. The van der Waals surface area contributed by atoms with Crippen molar-refractivity contribution in [1.29, 1.82) is 0 Å². The van der Waals surface area contributed by atoms with E-state index in [1.165, 1.54) is 5.56 Å². The van der Waals surface area contributed by atoms with Crippen LogP contribution in [0, 0.1) is 0 Å². The van der Waals surface area contributed by atoms with E-state index in [-0.39, 0.29) is 5.78 Å². The molecular formula is C17H20O2. The molecule has 2 rings (SSSR count). The van der Waals surface area contributed by atoms with Gasteiger partial charge in [-0.25, -0.2) is 0 Å². The third-order valence-electron chi connectivity index (χ3n) is 3.21. The van der Waals surface area contributed by atoms with Crippen LogP contribution in [0.4, 0.5) is 0 Å². The molecule has 0 unspecified atom stereocenters. The van der Waals surface area contributed by atoms with Gasteiger partial charge in [-0.2, -0.15) is 0 Å². The molecule has 0 radical (unpaired) electrons. The first-order chi connectivity index (χ1) is 9.22. The van der Waals surface area contributed by atoms with E-state index in [9.17, 15) is 4.79 Å². The summed E-state index contributed by atoms with van der Waals surface area (Å²) in [5, 5.41) is 2.16. The molecule has 0 bridgehead atoms. The number of ether oxygens (including phenoxy) is 1. The van der Waals surface area contributed by atoms with Crippen LogP contribution < -0.4 is 0 Å². The summed E-state index contributed by atoms with van der Waals surface area (Å²) in [5.74, 6) is 0.115. The molecule has 0 fully saturated rings. The fraction of sp³-hybridized carbons (Fsp3) is 0.353. The normalized spacial score (nSPS) is 10.8. The van der Waals surface area contributed by atoms with Crippen LogP contribution in [0.5, 0.6) is 0 Å². The second-order valence-electron chi connectivity index (χ2n) is 4.78. The standard InChI is InChI=1S/C17H20O2/c1-3-10-19-11-9-14-7-8-17-15(12-14)5-4-6-16(17)13(2)18/h4-8,12H,3,9-11H2,1-2H3. The van der Waals surface area contributed by atoms with Crippen molar-refractivity contribution in [2.45, 2.75) is 26.7 Å². The van der Waals surface area contributed by atoms with Gasteiger partial charge in [0.15, 0.2) is 5.78 Å². The largest absolute Gasteiger partial charge is 0.381 e. The van der Waals surface area contributed by atoms with Crippen molar-refractivity contribution in [3.8, 4) is 0 Å². The van der Waals surface area contributed by atoms with Crippen molar-refractivity contribution < 1.29 is 9.53 Å². The van der Waals surface area contributed by atoms with Crippen molar-refractivity contribution in [3.63, 3.8) is 0 Å². The van der Waals surface area contributed by atoms with Gasteiger partial charge >= 0.3 is 0 Å². The van der Waals surface area contributed by atoms with Gasteiger partial charge in [0.1, 0.15) is 0 Å². The second kappa shape index (κ2) is 6.48. The maximum absolute atomic E-state index is 11.6. The van der Waals surface area contributed by atoms with Gasteiger partial charge in [-0.05, 0) is 36.1 Å². The number of Topliss-reactive ketones (excluding diaryl/α,β-unsaturated/α-hetero) is 1. The molecule has 2 aromatic carbocycles. The molecule has 2 nitrogen and oxygen atoms in total. The average molecular weight is 256 g/mol. The van der Waals surface area contributed by atoms with Crippen LogP contribution in [0.1, 0.15) is 36.2 Å². The molecule has 0 heterocycles. The summed E-state index contributed by atoms with van der Waals surface area (Å²) >= 11 is 0. The fourth-order valence-corrected chi connectivity index (χ4v) is 2.23. The highest BCUT2D eigenvalue weighted by atomic mass is 16.5. The SMILES string of the molecule is CCCOCCc1ccc2c(C(C)=O)cccc2c1. The van der Waals surface area contributed by atoms with Crippen LogP contribution in [-0.4, -0.2) is 19.0 Å². The lowest BCUT2D eigenvalue weighted by molar-refractivity contribution is 0.101. The van der Waals surface area contributed by atoms with Crippen molar-refractivity contribution >= 4 is 16.6 Å². The summed E-state index contributed by atoms with van der Waals surface area (Å²) in [7, 11) is 0. The predicted octanol–water partition coefficient (Wildman–Crippen LogP) is 4.01. The van der Waals surface area contributed by atoms with Crippen molar-refractivity contribution in [1.82, 2.24) is 0 Å². The van der Waals surface area contributed by atoms with Crippen molar-refractivity contribution in [2.75, 3.05) is 13.2 Å². The Balaban J connectivity index is 2.19. The van der Waals surface area contributed by atoms with E-state index >= 15 is 0 Å². The molecule has 0 amide bonds. The minimum absolute atomic E-state index is 0.115. The Kier molecular flexibility index (Phi) is 4.69. The van der Waals surface area contributed by atoms with Crippen LogP contribution in [-0.2, 0) is 11.2 Å². The number of carbonyl (C=O) groups is 1. The summed E-state index contributed by atoms with van der Waals surface area (Å²) in [6.45, 7) is 5.30. The van der Waals surface area contributed by atoms with Crippen molar-refractivity contribution in [3.05, 3.63) is 47.5 Å². The minimum atomic E-state index is 0.115. The summed E-state index contributed by atoms with van der Waals surface area (Å²) in [6.07, 6.45) is 1.97. The Morgan fingerprint density at radius 1 is 1.16 bits per heavy atom. The molecule has 0 atom stereocenters. The Bertz CT molecular complexity index is 572. The summed E-state index contributed by atoms with van der Waals surface area (Å²) in [5.41, 5.74) is 2.05. The van der Waals surface area contributed by atoms with Gasteiger partial charge in [0.05, 0.1) is 6.61 Å². The quantitative estimate of drug-likeness (QED) is 0.576. The Hall–Kier alpha value is -1.67. The molecule has 0 aliphatic rings. The Labute approximate surface area is 114 Å². The first-order valence-electron chi connectivity index (χ1n) is 6.82. The molecule has 0 spiro atoms. The lowest BCUT2D eigenvalue weighted by atomic mass is 9.99. The van der Waals surface area contributed by atoms with Gasteiger partial charge in [-0.15, -0.1) is 0 Å². The molecule has 2 aromatic rings. The van der Waals surface area contributed by atoms with E-state index in [1.54, 1.807) is 6.92 Å². The summed E-state index contributed by atoms with van der Waals surface area (Å²) in [4.78, 5) is 11.6. The number of hydrogen-bond donors (Lipinski definition) is 0. The molecular weight excluding hydrogens is 236 g/mol. The lowest BCUT2D eigenvalue weighted by Gasteiger charge is -2.07. The highest BCUT2D eigenvalue weighted by Gasteiger charge is 2.05. The van der Waals surface area contributed by atoms with Crippen LogP contribution in [0.3, 0.4) is 0 Å². The second-order valence-corrected chi connectivity index (χ2v) is 4.78. The summed E-state index contributed by atoms with van der Waals surface area (Å²) in [6, 6.07) is 12.2. The third-order valence-corrected chi connectivity index (χ3v) is 3.21. The van der Waals surface area contributed by atoms with Crippen LogP contribution in [0.15, 0.2) is 36.4 Å². The van der Waals surface area contributed by atoms with E-state index in [4.69, 9.17) is 4.74 Å². The molecule has 0 N–H and O–H groups in total. The Morgan fingerprint density at radius 2 is 2.00 bits per heavy atom. The Morgan fingerprint density at radius 3 is 2.74 bits per heavy atom. The highest BCUT2D eigenvalue weighted by Crippen LogP contribution is 2.21. The number of fused-ring (bicyclic) bond motifs is 1. The van der Waals surface area contributed by atoms with E-state index in [0.717, 1.165) is 42.4 Å². The van der Waals surface area contributed by atoms with Crippen LogP contribution in [0.2, 0.25) is 0 Å². The topological polar surface area (TPSA) is 26.3 Å². The average Bonchev–Trinajstić information content (AvgIpc) is 2.42. The van der Waals surface area contributed by atoms with E-state index in [1.807, 2.05) is 18.2 Å². The maximum atomic E-state index is 11.6. The lowest BCUT2D eigenvalue weighted by Crippen LogP contribution is -2.00. The minimum Gasteiger partial charge on any atom is -0.381 e. The first-order valence-corrected chi connectivity index (χ1v) is 6.82. The first kappa shape index (κ1) is 13.8. The van der Waals surface area contributed by atoms with E-state index in [0.29, 0.717) is 0 Å². The van der Waals surface area contributed by atoms with Crippen LogP contribution in [0.25, 0.3) is 10.8 Å². The van der Waals surface area contributed by atoms with Gasteiger partial charge in [0.2, 0.25) is 0 Å². The smallest absolute Gasteiger partial charge is 0.160 e. The zero-order chi connectivity index (χ0) is 13.7. The fourth-order valence-electron chi connectivity index (χ4n) is 2.23. The van der Waals surface area contributed by atoms with Gasteiger partial charge in [-0.3, -0.25) is 4.79 Å². The molecule has 2 heteroatoms. The summed E-state index contributed by atoms with van der Waals surface area (Å²) < 4.78 is 5.51. The van der Waals surface area contributed by atoms with Gasteiger partial charge < -0.3 is 4.74 Å². The zero-order valence-corrected chi connectivity index (χ0v) is 11.6. The molecule has 0 aliphatic heterocycles. The van der Waals surface area contributed by atoms with Crippen LogP contribution >= 0.6 is 0 Å². The maximum Gasteiger partial charge on any atom is 0.160 e.